The molecule has 1 aliphatic rings. The van der Waals surface area contributed by atoms with E-state index in [2.05, 4.69) is 12.2 Å². The van der Waals surface area contributed by atoms with Crippen molar-refractivity contribution in [2.45, 2.75) is 25.8 Å². The molecule has 0 bridgehead atoms. The van der Waals surface area contributed by atoms with E-state index in [-0.39, 0.29) is 11.9 Å². The molecule has 3 nitrogen and oxygen atoms in total. The first-order chi connectivity index (χ1) is 9.79. The zero-order valence-electron chi connectivity index (χ0n) is 11.7. The van der Waals surface area contributed by atoms with E-state index in [1.165, 1.54) is 6.07 Å². The lowest BCUT2D eigenvalue weighted by Gasteiger charge is -2.21. The number of benzene rings is 1. The van der Waals surface area contributed by atoms with Crippen molar-refractivity contribution in [3.05, 3.63) is 35.8 Å². The molecular weight excluding hydrogens is 257 g/mol. The van der Waals surface area contributed by atoms with Crippen molar-refractivity contribution in [2.24, 2.45) is 5.92 Å². The van der Waals surface area contributed by atoms with E-state index in [9.17, 15) is 4.39 Å². The van der Waals surface area contributed by atoms with Gasteiger partial charge in [0.2, 0.25) is 0 Å². The van der Waals surface area contributed by atoms with Crippen LogP contribution in [0.4, 0.5) is 4.39 Å². The molecule has 1 fully saturated rings. The lowest BCUT2D eigenvalue weighted by atomic mass is 9.96. The molecule has 20 heavy (non-hydrogen) atoms. The van der Waals surface area contributed by atoms with Crippen molar-refractivity contribution < 1.29 is 13.5 Å². The molecule has 1 N–H and O–H groups in total. The number of para-hydroxylation sites is 1. The standard InChI is InChI=1S/C16H20FNO2/c1-2-7-18-15(12-6-8-19-10-12)14-9-11-4-3-5-13(17)16(11)20-14/h3-5,9,12,15,18H,2,6-8,10H2,1H3. The van der Waals surface area contributed by atoms with E-state index in [1.54, 1.807) is 6.07 Å². The maximum Gasteiger partial charge on any atom is 0.169 e. The third kappa shape index (κ3) is 2.58. The highest BCUT2D eigenvalue weighted by molar-refractivity contribution is 5.78. The van der Waals surface area contributed by atoms with E-state index >= 15 is 0 Å². The van der Waals surface area contributed by atoms with Crippen LogP contribution in [0.25, 0.3) is 11.0 Å². The quantitative estimate of drug-likeness (QED) is 0.906. The third-order valence-electron chi connectivity index (χ3n) is 3.87. The molecule has 0 saturated carbocycles. The average molecular weight is 277 g/mol. The van der Waals surface area contributed by atoms with Crippen LogP contribution >= 0.6 is 0 Å². The minimum atomic E-state index is -0.300. The van der Waals surface area contributed by atoms with E-state index in [0.717, 1.165) is 43.7 Å². The fourth-order valence-corrected chi connectivity index (χ4v) is 2.82. The van der Waals surface area contributed by atoms with Crippen molar-refractivity contribution in [2.75, 3.05) is 19.8 Å². The highest BCUT2D eigenvalue weighted by atomic mass is 19.1. The summed E-state index contributed by atoms with van der Waals surface area (Å²) in [6.07, 6.45) is 2.07. The fourth-order valence-electron chi connectivity index (χ4n) is 2.82. The van der Waals surface area contributed by atoms with Crippen LogP contribution in [0.3, 0.4) is 0 Å². The van der Waals surface area contributed by atoms with Gasteiger partial charge in [-0.15, -0.1) is 0 Å². The minimum Gasteiger partial charge on any atom is -0.456 e. The van der Waals surface area contributed by atoms with Crippen molar-refractivity contribution in [3.63, 3.8) is 0 Å². The van der Waals surface area contributed by atoms with Gasteiger partial charge in [0.25, 0.3) is 0 Å². The van der Waals surface area contributed by atoms with Gasteiger partial charge in [-0.05, 0) is 31.5 Å². The van der Waals surface area contributed by atoms with Gasteiger partial charge in [0, 0.05) is 17.9 Å². The van der Waals surface area contributed by atoms with E-state index in [4.69, 9.17) is 9.15 Å². The SMILES string of the molecule is CCCNC(c1cc2cccc(F)c2o1)C1CCOC1. The molecule has 1 aliphatic heterocycles. The second-order valence-electron chi connectivity index (χ2n) is 5.36. The summed E-state index contributed by atoms with van der Waals surface area (Å²) in [7, 11) is 0. The molecule has 2 unspecified atom stereocenters. The summed E-state index contributed by atoms with van der Waals surface area (Å²) in [5, 5.41) is 4.33. The molecule has 4 heteroatoms. The van der Waals surface area contributed by atoms with Crippen LogP contribution in [-0.4, -0.2) is 19.8 Å². The molecule has 0 radical (unpaired) electrons. The largest absolute Gasteiger partial charge is 0.456 e. The second-order valence-corrected chi connectivity index (χ2v) is 5.36. The molecule has 0 amide bonds. The number of hydrogen-bond acceptors (Lipinski definition) is 3. The monoisotopic (exact) mass is 277 g/mol. The van der Waals surface area contributed by atoms with E-state index in [1.807, 2.05) is 12.1 Å². The molecule has 1 saturated heterocycles. The number of furan rings is 1. The summed E-state index contributed by atoms with van der Waals surface area (Å²) < 4.78 is 25.0. The average Bonchev–Trinajstić information content (AvgIpc) is 3.09. The van der Waals surface area contributed by atoms with Gasteiger partial charge in [-0.3, -0.25) is 0 Å². The summed E-state index contributed by atoms with van der Waals surface area (Å²) >= 11 is 0. The van der Waals surface area contributed by atoms with E-state index in [0.29, 0.717) is 11.5 Å². The van der Waals surface area contributed by atoms with Crippen LogP contribution in [-0.2, 0) is 4.74 Å². The van der Waals surface area contributed by atoms with Gasteiger partial charge in [0.05, 0.1) is 12.6 Å². The first kappa shape index (κ1) is 13.6. The maximum absolute atomic E-state index is 13.8. The van der Waals surface area contributed by atoms with Gasteiger partial charge in [0.15, 0.2) is 11.4 Å². The van der Waals surface area contributed by atoms with Gasteiger partial charge in [-0.25, -0.2) is 4.39 Å². The third-order valence-corrected chi connectivity index (χ3v) is 3.87. The first-order valence-corrected chi connectivity index (χ1v) is 7.28. The van der Waals surface area contributed by atoms with Crippen LogP contribution in [0, 0.1) is 11.7 Å². The predicted octanol–water partition coefficient (Wildman–Crippen LogP) is 3.65. The highest BCUT2D eigenvalue weighted by Gasteiger charge is 2.29. The summed E-state index contributed by atoms with van der Waals surface area (Å²) in [5.74, 6) is 0.907. The molecule has 2 aromatic rings. The Labute approximate surface area is 118 Å². The molecule has 2 heterocycles. The summed E-state index contributed by atoms with van der Waals surface area (Å²) in [4.78, 5) is 0. The van der Waals surface area contributed by atoms with Crippen LogP contribution < -0.4 is 5.32 Å². The van der Waals surface area contributed by atoms with Crippen LogP contribution in [0.15, 0.2) is 28.7 Å². The zero-order chi connectivity index (χ0) is 13.9. The van der Waals surface area contributed by atoms with Gasteiger partial charge in [-0.1, -0.05) is 19.1 Å². The first-order valence-electron chi connectivity index (χ1n) is 7.28. The summed E-state index contributed by atoms with van der Waals surface area (Å²) in [5.41, 5.74) is 0.352. The smallest absolute Gasteiger partial charge is 0.169 e. The lowest BCUT2D eigenvalue weighted by molar-refractivity contribution is 0.173. The fraction of sp³-hybridized carbons (Fsp3) is 0.500. The lowest BCUT2D eigenvalue weighted by Crippen LogP contribution is -2.29. The Morgan fingerprint density at radius 2 is 2.35 bits per heavy atom. The van der Waals surface area contributed by atoms with E-state index < -0.39 is 0 Å². The number of rotatable bonds is 5. The Morgan fingerprint density at radius 3 is 3.05 bits per heavy atom. The molecule has 2 atom stereocenters. The van der Waals surface area contributed by atoms with Crippen LogP contribution in [0.2, 0.25) is 0 Å². The zero-order valence-corrected chi connectivity index (χ0v) is 11.7. The number of halogens is 1. The highest BCUT2D eigenvalue weighted by Crippen LogP contribution is 2.33. The van der Waals surface area contributed by atoms with Crippen molar-refractivity contribution in [1.82, 2.24) is 5.32 Å². The number of hydrogen-bond donors (Lipinski definition) is 1. The predicted molar refractivity (Wildman–Crippen MR) is 76.1 cm³/mol. The Hall–Kier alpha value is -1.39. The Kier molecular flexibility index (Phi) is 4.03. The maximum atomic E-state index is 13.8. The minimum absolute atomic E-state index is 0.101. The van der Waals surface area contributed by atoms with Crippen molar-refractivity contribution in [1.29, 1.82) is 0 Å². The van der Waals surface area contributed by atoms with Crippen LogP contribution in [0.5, 0.6) is 0 Å². The molecule has 3 rings (SSSR count). The summed E-state index contributed by atoms with van der Waals surface area (Å²) in [6.45, 7) is 4.58. The molecule has 1 aromatic heterocycles. The number of fused-ring (bicyclic) bond motifs is 1. The van der Waals surface area contributed by atoms with Crippen molar-refractivity contribution >= 4 is 11.0 Å². The van der Waals surface area contributed by atoms with Gasteiger partial charge in [0.1, 0.15) is 5.76 Å². The van der Waals surface area contributed by atoms with Crippen molar-refractivity contribution in [3.8, 4) is 0 Å². The van der Waals surface area contributed by atoms with Gasteiger partial charge < -0.3 is 14.5 Å². The molecule has 108 valence electrons. The normalized spacial score (nSPS) is 20.6. The molecule has 0 spiro atoms. The second kappa shape index (κ2) is 5.94. The van der Waals surface area contributed by atoms with Crippen LogP contribution in [0.1, 0.15) is 31.6 Å². The summed E-state index contributed by atoms with van der Waals surface area (Å²) in [6, 6.07) is 7.08. The topological polar surface area (TPSA) is 34.4 Å². The molecule has 0 aliphatic carbocycles. The van der Waals surface area contributed by atoms with Gasteiger partial charge >= 0.3 is 0 Å². The Bertz CT molecular complexity index is 575. The Balaban J connectivity index is 1.93. The number of nitrogens with one attached hydrogen (secondary N) is 1. The van der Waals surface area contributed by atoms with Gasteiger partial charge in [-0.2, -0.15) is 0 Å². The molecule has 1 aromatic carbocycles. The molecular formula is C16H20FNO2. The Morgan fingerprint density at radius 1 is 1.45 bits per heavy atom. The number of ether oxygens (including phenoxy) is 1.